The highest BCUT2D eigenvalue weighted by Crippen LogP contribution is 2.12. The smallest absolute Gasteiger partial charge is 0.328 e. The number of hydrogen-bond acceptors (Lipinski definition) is 6. The number of ether oxygens (including phenoxy) is 1. The lowest BCUT2D eigenvalue weighted by Gasteiger charge is -2.13. The third kappa shape index (κ3) is 3.80. The average molecular weight is 371 g/mol. The van der Waals surface area contributed by atoms with Gasteiger partial charge in [0.2, 0.25) is 0 Å². The Kier molecular flexibility index (Phi) is 5.13. The monoisotopic (exact) mass is 371 g/mol. The number of thiazole rings is 1. The molecule has 2 aromatic heterocycles. The molecule has 0 bridgehead atoms. The van der Waals surface area contributed by atoms with E-state index in [4.69, 9.17) is 4.74 Å². The SMILES string of the molecule is Cc1csc2nc(COC(=O)[C@H](C)NC(=O)c3ccccc3)cc(=O)n12. The van der Waals surface area contributed by atoms with Gasteiger partial charge in [0.25, 0.3) is 11.5 Å². The van der Waals surface area contributed by atoms with E-state index in [1.807, 2.05) is 12.3 Å². The molecule has 2 heterocycles. The van der Waals surface area contributed by atoms with E-state index < -0.39 is 12.0 Å². The number of aryl methyl sites for hydroxylation is 1. The molecule has 1 amide bonds. The van der Waals surface area contributed by atoms with Crippen molar-refractivity contribution in [2.45, 2.75) is 26.5 Å². The van der Waals surface area contributed by atoms with Crippen molar-refractivity contribution in [3.8, 4) is 0 Å². The molecule has 0 unspecified atom stereocenters. The molecule has 1 aromatic carbocycles. The first kappa shape index (κ1) is 17.8. The van der Waals surface area contributed by atoms with Crippen LogP contribution in [-0.4, -0.2) is 27.3 Å². The van der Waals surface area contributed by atoms with Gasteiger partial charge >= 0.3 is 5.97 Å². The second kappa shape index (κ2) is 7.49. The summed E-state index contributed by atoms with van der Waals surface area (Å²) in [5, 5.41) is 4.41. The molecule has 0 fully saturated rings. The number of rotatable bonds is 5. The van der Waals surface area contributed by atoms with Gasteiger partial charge in [-0.1, -0.05) is 18.2 Å². The number of nitrogens with zero attached hydrogens (tertiary/aromatic N) is 2. The second-order valence-electron chi connectivity index (χ2n) is 5.75. The molecular formula is C18H17N3O4S. The maximum Gasteiger partial charge on any atom is 0.328 e. The predicted octanol–water partition coefficient (Wildman–Crippen LogP) is 1.93. The number of nitrogens with one attached hydrogen (secondary N) is 1. The van der Waals surface area contributed by atoms with Crippen LogP contribution in [0.2, 0.25) is 0 Å². The van der Waals surface area contributed by atoms with E-state index in [0.29, 0.717) is 16.2 Å². The molecule has 3 rings (SSSR count). The Bertz CT molecular complexity index is 1010. The Hall–Kier alpha value is -3.00. The number of aromatic nitrogens is 2. The molecule has 7 nitrogen and oxygen atoms in total. The first-order chi connectivity index (χ1) is 12.5. The summed E-state index contributed by atoms with van der Waals surface area (Å²) < 4.78 is 6.68. The van der Waals surface area contributed by atoms with E-state index in [1.54, 1.807) is 30.3 Å². The molecule has 3 aromatic rings. The third-order valence-electron chi connectivity index (χ3n) is 3.73. The van der Waals surface area contributed by atoms with Crippen molar-refractivity contribution in [3.05, 3.63) is 69.1 Å². The summed E-state index contributed by atoms with van der Waals surface area (Å²) in [5.74, 6) is -0.958. The molecule has 0 radical (unpaired) electrons. The summed E-state index contributed by atoms with van der Waals surface area (Å²) in [6.07, 6.45) is 0. The summed E-state index contributed by atoms with van der Waals surface area (Å²) in [7, 11) is 0. The van der Waals surface area contributed by atoms with E-state index >= 15 is 0 Å². The van der Waals surface area contributed by atoms with Crippen LogP contribution in [0, 0.1) is 6.92 Å². The van der Waals surface area contributed by atoms with Crippen LogP contribution in [0.25, 0.3) is 4.96 Å². The molecule has 26 heavy (non-hydrogen) atoms. The van der Waals surface area contributed by atoms with Crippen molar-refractivity contribution in [1.29, 1.82) is 0 Å². The number of hydrogen-bond donors (Lipinski definition) is 1. The minimum Gasteiger partial charge on any atom is -0.458 e. The van der Waals surface area contributed by atoms with Crippen LogP contribution in [0.3, 0.4) is 0 Å². The van der Waals surface area contributed by atoms with Crippen molar-refractivity contribution in [2.24, 2.45) is 0 Å². The molecule has 0 aliphatic carbocycles. The fourth-order valence-electron chi connectivity index (χ4n) is 2.37. The molecule has 8 heteroatoms. The van der Waals surface area contributed by atoms with Gasteiger partial charge in [0, 0.05) is 22.7 Å². The predicted molar refractivity (Wildman–Crippen MR) is 97.2 cm³/mol. The van der Waals surface area contributed by atoms with Gasteiger partial charge in [-0.15, -0.1) is 11.3 Å². The van der Waals surface area contributed by atoms with Gasteiger partial charge in [0.05, 0.1) is 5.69 Å². The minimum absolute atomic E-state index is 0.132. The van der Waals surface area contributed by atoms with E-state index in [9.17, 15) is 14.4 Å². The summed E-state index contributed by atoms with van der Waals surface area (Å²) in [4.78, 5) is 41.1. The second-order valence-corrected chi connectivity index (χ2v) is 6.59. The van der Waals surface area contributed by atoms with Gasteiger partial charge in [-0.05, 0) is 26.0 Å². The Labute approximate surface area is 153 Å². The molecular weight excluding hydrogens is 354 g/mol. The molecule has 0 spiro atoms. The summed E-state index contributed by atoms with van der Waals surface area (Å²) >= 11 is 1.34. The number of amides is 1. The number of carbonyl (C=O) groups is 2. The lowest BCUT2D eigenvalue weighted by molar-refractivity contribution is -0.146. The Balaban J connectivity index is 1.61. The van der Waals surface area contributed by atoms with Crippen molar-refractivity contribution in [2.75, 3.05) is 0 Å². The first-order valence-corrected chi connectivity index (χ1v) is 8.83. The maximum atomic E-state index is 12.1. The number of esters is 1. The topological polar surface area (TPSA) is 89.8 Å². The van der Waals surface area contributed by atoms with Gasteiger partial charge in [-0.2, -0.15) is 0 Å². The number of fused-ring (bicyclic) bond motifs is 1. The number of carbonyl (C=O) groups excluding carboxylic acids is 2. The molecule has 134 valence electrons. The summed E-state index contributed by atoms with van der Waals surface area (Å²) in [6.45, 7) is 3.23. The lowest BCUT2D eigenvalue weighted by atomic mass is 10.2. The lowest BCUT2D eigenvalue weighted by Crippen LogP contribution is -2.39. The molecule has 0 aliphatic heterocycles. The highest BCUT2D eigenvalue weighted by molar-refractivity contribution is 7.15. The zero-order valence-corrected chi connectivity index (χ0v) is 15.1. The molecule has 1 atom stereocenters. The largest absolute Gasteiger partial charge is 0.458 e. The van der Waals surface area contributed by atoms with Crippen molar-refractivity contribution >= 4 is 28.2 Å². The van der Waals surface area contributed by atoms with Gasteiger partial charge in [-0.25, -0.2) is 9.78 Å². The highest BCUT2D eigenvalue weighted by atomic mass is 32.1. The quantitative estimate of drug-likeness (QED) is 0.692. The zero-order valence-electron chi connectivity index (χ0n) is 14.3. The average Bonchev–Trinajstić information content (AvgIpc) is 3.01. The van der Waals surface area contributed by atoms with Gasteiger partial charge in [0.1, 0.15) is 12.6 Å². The molecule has 1 N–H and O–H groups in total. The van der Waals surface area contributed by atoms with Crippen molar-refractivity contribution < 1.29 is 14.3 Å². The zero-order chi connectivity index (χ0) is 18.7. The first-order valence-electron chi connectivity index (χ1n) is 7.95. The number of benzene rings is 1. The van der Waals surface area contributed by atoms with Gasteiger partial charge in [-0.3, -0.25) is 14.0 Å². The van der Waals surface area contributed by atoms with Crippen LogP contribution in [0.1, 0.15) is 28.7 Å². The van der Waals surface area contributed by atoms with Crippen molar-refractivity contribution in [1.82, 2.24) is 14.7 Å². The Morgan fingerprint density at radius 1 is 1.31 bits per heavy atom. The van der Waals surface area contributed by atoms with E-state index in [1.165, 1.54) is 28.7 Å². The van der Waals surface area contributed by atoms with Crippen LogP contribution in [0.4, 0.5) is 0 Å². The molecule has 0 saturated heterocycles. The van der Waals surface area contributed by atoms with Crippen LogP contribution in [0.15, 0.2) is 46.6 Å². The summed E-state index contributed by atoms with van der Waals surface area (Å²) in [6, 6.07) is 9.11. The van der Waals surface area contributed by atoms with Crippen LogP contribution >= 0.6 is 11.3 Å². The van der Waals surface area contributed by atoms with Crippen LogP contribution in [0.5, 0.6) is 0 Å². The fourth-order valence-corrected chi connectivity index (χ4v) is 3.26. The normalized spacial score (nSPS) is 11.9. The minimum atomic E-state index is -0.823. The standard InChI is InChI=1S/C18H17N3O4S/c1-11-10-26-18-20-14(8-15(22)21(11)18)9-25-17(24)12(2)19-16(23)13-6-4-3-5-7-13/h3-8,10,12H,9H2,1-2H3,(H,19,23)/t12-/m0/s1. The van der Waals surface area contributed by atoms with Gasteiger partial charge in [0.15, 0.2) is 4.96 Å². The Morgan fingerprint density at radius 2 is 2.04 bits per heavy atom. The van der Waals surface area contributed by atoms with E-state index in [0.717, 1.165) is 5.69 Å². The highest BCUT2D eigenvalue weighted by Gasteiger charge is 2.18. The van der Waals surface area contributed by atoms with Crippen molar-refractivity contribution in [3.63, 3.8) is 0 Å². The van der Waals surface area contributed by atoms with Crippen LogP contribution < -0.4 is 10.9 Å². The van der Waals surface area contributed by atoms with Crippen LogP contribution in [-0.2, 0) is 16.1 Å². The summed E-state index contributed by atoms with van der Waals surface area (Å²) in [5.41, 5.74) is 1.42. The maximum absolute atomic E-state index is 12.1. The third-order valence-corrected chi connectivity index (χ3v) is 4.67. The Morgan fingerprint density at radius 3 is 2.77 bits per heavy atom. The fraction of sp³-hybridized carbons (Fsp3) is 0.222. The van der Waals surface area contributed by atoms with Gasteiger partial charge < -0.3 is 10.1 Å². The van der Waals surface area contributed by atoms with E-state index in [-0.39, 0.29) is 18.1 Å². The van der Waals surface area contributed by atoms with E-state index in [2.05, 4.69) is 10.3 Å². The molecule has 0 saturated carbocycles. The molecule has 0 aliphatic rings.